The highest BCUT2D eigenvalue weighted by Crippen LogP contribution is 2.17. The van der Waals surface area contributed by atoms with Crippen molar-refractivity contribution in [2.75, 3.05) is 6.54 Å². The number of ether oxygens (including phenoxy) is 1. The molecule has 0 aliphatic carbocycles. The molecule has 0 radical (unpaired) electrons. The van der Waals surface area contributed by atoms with Crippen LogP contribution in [-0.4, -0.2) is 33.0 Å². The van der Waals surface area contributed by atoms with E-state index in [1.165, 1.54) is 12.1 Å². The summed E-state index contributed by atoms with van der Waals surface area (Å²) in [5.41, 5.74) is 0. The highest BCUT2D eigenvalue weighted by molar-refractivity contribution is 7.89. The fourth-order valence-corrected chi connectivity index (χ4v) is 2.93. The Morgan fingerprint density at radius 2 is 1.65 bits per heavy atom. The normalized spacial score (nSPS) is 13.2. The van der Waals surface area contributed by atoms with Crippen molar-refractivity contribution in [3.05, 3.63) is 24.3 Å². The summed E-state index contributed by atoms with van der Waals surface area (Å²) in [4.78, 5) is 12.0. The molecule has 1 aromatic rings. The molecule has 0 aliphatic heterocycles. The maximum atomic E-state index is 12.1. The molecule has 1 aromatic carbocycles. The SMILES string of the molecule is CC(C)CNS(=O)(=O)c1ccc(O[C@H](C)C(=O)NC(C)C)cc1. The van der Waals surface area contributed by atoms with Crippen molar-refractivity contribution in [1.29, 1.82) is 0 Å². The third-order valence-corrected chi connectivity index (χ3v) is 4.37. The molecule has 7 heteroatoms. The van der Waals surface area contributed by atoms with Crippen LogP contribution in [0.5, 0.6) is 5.75 Å². The highest BCUT2D eigenvalue weighted by atomic mass is 32.2. The first-order valence-corrected chi connectivity index (χ1v) is 9.17. The standard InChI is InChI=1S/C16H26N2O4S/c1-11(2)10-17-23(20,21)15-8-6-14(7-9-15)22-13(5)16(19)18-12(3)4/h6-9,11-13,17H,10H2,1-5H3,(H,18,19)/t13-/m1/s1. The van der Waals surface area contributed by atoms with Gasteiger partial charge in [0.15, 0.2) is 6.10 Å². The first-order chi connectivity index (χ1) is 10.6. The van der Waals surface area contributed by atoms with Crippen molar-refractivity contribution in [1.82, 2.24) is 10.0 Å². The zero-order chi connectivity index (χ0) is 17.6. The van der Waals surface area contributed by atoms with E-state index < -0.39 is 16.1 Å². The van der Waals surface area contributed by atoms with Crippen molar-refractivity contribution < 1.29 is 17.9 Å². The van der Waals surface area contributed by atoms with Crippen LogP contribution in [0.2, 0.25) is 0 Å². The highest BCUT2D eigenvalue weighted by Gasteiger charge is 2.17. The topological polar surface area (TPSA) is 84.5 Å². The van der Waals surface area contributed by atoms with E-state index in [0.29, 0.717) is 12.3 Å². The van der Waals surface area contributed by atoms with Crippen LogP contribution >= 0.6 is 0 Å². The molecule has 0 aromatic heterocycles. The summed E-state index contributed by atoms with van der Waals surface area (Å²) in [5.74, 6) is 0.460. The van der Waals surface area contributed by atoms with Gasteiger partial charge >= 0.3 is 0 Å². The van der Waals surface area contributed by atoms with Crippen molar-refractivity contribution >= 4 is 15.9 Å². The molecule has 0 unspecified atom stereocenters. The zero-order valence-electron chi connectivity index (χ0n) is 14.3. The van der Waals surface area contributed by atoms with Gasteiger partial charge in [-0.3, -0.25) is 4.79 Å². The summed E-state index contributed by atoms with van der Waals surface area (Å²) in [5, 5.41) is 2.76. The molecule has 0 saturated heterocycles. The summed E-state index contributed by atoms with van der Waals surface area (Å²) in [6, 6.07) is 6.05. The predicted molar refractivity (Wildman–Crippen MR) is 89.8 cm³/mol. The zero-order valence-corrected chi connectivity index (χ0v) is 15.1. The monoisotopic (exact) mass is 342 g/mol. The molecule has 2 N–H and O–H groups in total. The first-order valence-electron chi connectivity index (χ1n) is 7.68. The van der Waals surface area contributed by atoms with Crippen LogP contribution in [0.1, 0.15) is 34.6 Å². The van der Waals surface area contributed by atoms with E-state index in [1.807, 2.05) is 27.7 Å². The molecule has 0 fully saturated rings. The third-order valence-electron chi connectivity index (χ3n) is 2.93. The Hall–Kier alpha value is -1.60. The maximum absolute atomic E-state index is 12.1. The van der Waals surface area contributed by atoms with Gasteiger partial charge in [0.05, 0.1) is 4.90 Å². The predicted octanol–water partition coefficient (Wildman–Crippen LogP) is 1.91. The Morgan fingerprint density at radius 1 is 1.09 bits per heavy atom. The van der Waals surface area contributed by atoms with Crippen LogP contribution in [0.15, 0.2) is 29.2 Å². The summed E-state index contributed by atoms with van der Waals surface area (Å²) in [7, 11) is -3.52. The minimum Gasteiger partial charge on any atom is -0.481 e. The van der Waals surface area contributed by atoms with Crippen molar-refractivity contribution in [2.45, 2.75) is 51.7 Å². The van der Waals surface area contributed by atoms with Gasteiger partial charge in [-0.25, -0.2) is 13.1 Å². The van der Waals surface area contributed by atoms with Gasteiger partial charge in [-0.2, -0.15) is 0 Å². The summed E-state index contributed by atoms with van der Waals surface area (Å²) < 4.78 is 32.2. The quantitative estimate of drug-likeness (QED) is 0.756. The van der Waals surface area contributed by atoms with Crippen LogP contribution in [0.25, 0.3) is 0 Å². The van der Waals surface area contributed by atoms with Crippen LogP contribution < -0.4 is 14.8 Å². The number of rotatable bonds is 8. The van der Waals surface area contributed by atoms with E-state index in [1.54, 1.807) is 19.1 Å². The molecule has 1 atom stereocenters. The molecule has 0 heterocycles. The Bertz CT molecular complexity index is 609. The number of benzene rings is 1. The molecule has 23 heavy (non-hydrogen) atoms. The van der Waals surface area contributed by atoms with Gasteiger partial charge in [-0.1, -0.05) is 13.8 Å². The second-order valence-electron chi connectivity index (χ2n) is 6.14. The van der Waals surface area contributed by atoms with Gasteiger partial charge in [-0.15, -0.1) is 0 Å². The fraction of sp³-hybridized carbons (Fsp3) is 0.562. The average molecular weight is 342 g/mol. The summed E-state index contributed by atoms with van der Waals surface area (Å²) in [6.45, 7) is 9.63. The Kier molecular flexibility index (Phi) is 7.02. The molecular formula is C16H26N2O4S. The molecule has 0 spiro atoms. The third kappa shape index (κ3) is 6.58. The van der Waals surface area contributed by atoms with E-state index in [2.05, 4.69) is 10.0 Å². The molecule has 1 rings (SSSR count). The second-order valence-corrected chi connectivity index (χ2v) is 7.91. The van der Waals surface area contributed by atoms with Gasteiger partial charge in [0.1, 0.15) is 5.75 Å². The molecule has 6 nitrogen and oxygen atoms in total. The molecular weight excluding hydrogens is 316 g/mol. The minimum absolute atomic E-state index is 0.0353. The van der Waals surface area contributed by atoms with Crippen LogP contribution in [0, 0.1) is 5.92 Å². The molecule has 0 bridgehead atoms. The molecule has 130 valence electrons. The van der Waals surface area contributed by atoms with Crippen molar-refractivity contribution in [3.8, 4) is 5.75 Å². The number of amides is 1. The van der Waals surface area contributed by atoms with Gasteiger partial charge in [0.25, 0.3) is 5.91 Å². The first kappa shape index (κ1) is 19.4. The average Bonchev–Trinajstić information content (AvgIpc) is 2.45. The van der Waals surface area contributed by atoms with E-state index >= 15 is 0 Å². The van der Waals surface area contributed by atoms with Gasteiger partial charge in [0.2, 0.25) is 10.0 Å². The van der Waals surface area contributed by atoms with Crippen molar-refractivity contribution in [3.63, 3.8) is 0 Å². The minimum atomic E-state index is -3.52. The summed E-state index contributed by atoms with van der Waals surface area (Å²) in [6.07, 6.45) is -0.654. The Labute approximate surface area is 138 Å². The van der Waals surface area contributed by atoms with Crippen LogP contribution in [0.4, 0.5) is 0 Å². The van der Waals surface area contributed by atoms with Crippen LogP contribution in [0.3, 0.4) is 0 Å². The Balaban J connectivity index is 2.71. The van der Waals surface area contributed by atoms with Gasteiger partial charge in [-0.05, 0) is 51.0 Å². The number of carbonyl (C=O) groups is 1. The second kappa shape index (κ2) is 8.31. The lowest BCUT2D eigenvalue weighted by atomic mass is 10.2. The van der Waals surface area contributed by atoms with E-state index in [9.17, 15) is 13.2 Å². The largest absolute Gasteiger partial charge is 0.481 e. The number of carbonyl (C=O) groups excluding carboxylic acids is 1. The Morgan fingerprint density at radius 3 is 2.13 bits per heavy atom. The number of hydrogen-bond acceptors (Lipinski definition) is 4. The van der Waals surface area contributed by atoms with Crippen molar-refractivity contribution in [2.24, 2.45) is 5.92 Å². The van der Waals surface area contributed by atoms with E-state index in [0.717, 1.165) is 0 Å². The summed E-state index contributed by atoms with van der Waals surface area (Å²) >= 11 is 0. The smallest absolute Gasteiger partial charge is 0.260 e. The maximum Gasteiger partial charge on any atom is 0.260 e. The van der Waals surface area contributed by atoms with Gasteiger partial charge in [0, 0.05) is 12.6 Å². The molecule has 1 amide bonds. The lowest BCUT2D eigenvalue weighted by Crippen LogP contribution is -2.40. The molecule has 0 aliphatic rings. The number of sulfonamides is 1. The molecule has 0 saturated carbocycles. The lowest BCUT2D eigenvalue weighted by molar-refractivity contribution is -0.127. The number of hydrogen-bond donors (Lipinski definition) is 2. The lowest BCUT2D eigenvalue weighted by Gasteiger charge is -2.16. The van der Waals surface area contributed by atoms with E-state index in [-0.39, 0.29) is 22.8 Å². The fourth-order valence-electron chi connectivity index (χ4n) is 1.72. The van der Waals surface area contributed by atoms with Gasteiger partial charge < -0.3 is 10.1 Å². The van der Waals surface area contributed by atoms with E-state index in [4.69, 9.17) is 4.74 Å². The number of nitrogens with one attached hydrogen (secondary N) is 2. The van der Waals surface area contributed by atoms with Crippen LogP contribution in [-0.2, 0) is 14.8 Å².